The second kappa shape index (κ2) is 6.88. The van der Waals surface area contributed by atoms with Crippen LogP contribution < -0.4 is 10.6 Å². The number of hydrogen-bond acceptors (Lipinski definition) is 4. The van der Waals surface area contributed by atoms with Crippen molar-refractivity contribution in [3.8, 4) is 0 Å². The Hall–Kier alpha value is -1.36. The Bertz CT molecular complexity index is 486. The van der Waals surface area contributed by atoms with Crippen LogP contribution in [0.1, 0.15) is 31.7 Å². The van der Waals surface area contributed by atoms with Crippen molar-refractivity contribution in [2.45, 2.75) is 31.1 Å². The lowest BCUT2D eigenvalue weighted by Gasteiger charge is -2.34. The normalized spacial score (nSPS) is 16.0. The van der Waals surface area contributed by atoms with Crippen LogP contribution in [-0.2, 0) is 0 Å². The Morgan fingerprint density at radius 2 is 2.25 bits per heavy atom. The molecule has 4 nitrogen and oxygen atoms in total. The van der Waals surface area contributed by atoms with Gasteiger partial charge in [-0.1, -0.05) is 17.6 Å². The molecule has 0 aliphatic heterocycles. The quantitative estimate of drug-likeness (QED) is 0.278. The fourth-order valence-corrected chi connectivity index (χ4v) is 3.27. The summed E-state index contributed by atoms with van der Waals surface area (Å²) in [5, 5.41) is 12.3. The number of thioether (sulfide) groups is 1. The Morgan fingerprint density at radius 3 is 2.75 bits per heavy atom. The van der Waals surface area contributed by atoms with Gasteiger partial charge in [0.15, 0.2) is 5.84 Å². The van der Waals surface area contributed by atoms with Crippen molar-refractivity contribution in [3.05, 3.63) is 23.8 Å². The molecular weight excluding hydrogens is 270 g/mol. The molecule has 1 saturated carbocycles. The van der Waals surface area contributed by atoms with E-state index in [1.54, 1.807) is 11.8 Å². The Kier molecular flexibility index (Phi) is 5.17. The Labute approximate surface area is 125 Å². The lowest BCUT2D eigenvalue weighted by atomic mass is 9.85. The minimum absolute atomic E-state index is 0.192. The monoisotopic (exact) mass is 293 g/mol. The smallest absolute Gasteiger partial charge is 0.173 e. The molecule has 110 valence electrons. The number of oxime groups is 1. The number of nitrogens with two attached hydrogens (primary N) is 1. The maximum absolute atomic E-state index is 9.06. The van der Waals surface area contributed by atoms with Crippen molar-refractivity contribution < 1.29 is 5.21 Å². The fourth-order valence-electron chi connectivity index (χ4n) is 2.65. The number of anilines is 1. The van der Waals surface area contributed by atoms with Crippen LogP contribution in [0.15, 0.2) is 28.3 Å². The average Bonchev–Trinajstić information content (AvgIpc) is 2.44. The van der Waals surface area contributed by atoms with Gasteiger partial charge in [0.25, 0.3) is 0 Å². The van der Waals surface area contributed by atoms with E-state index in [9.17, 15) is 0 Å². The molecule has 0 spiro atoms. The number of nitrogens with zero attached hydrogens (tertiary/aromatic N) is 2. The van der Waals surface area contributed by atoms with Crippen molar-refractivity contribution in [2.24, 2.45) is 16.8 Å². The van der Waals surface area contributed by atoms with Gasteiger partial charge in [-0.15, -0.1) is 11.8 Å². The van der Waals surface area contributed by atoms with Crippen LogP contribution in [0.4, 0.5) is 5.69 Å². The van der Waals surface area contributed by atoms with E-state index < -0.39 is 0 Å². The predicted octanol–water partition coefficient (Wildman–Crippen LogP) is 3.13. The summed E-state index contributed by atoms with van der Waals surface area (Å²) in [6.45, 7) is 4.14. The summed E-state index contributed by atoms with van der Waals surface area (Å²) in [5.41, 5.74) is 7.82. The highest BCUT2D eigenvalue weighted by Crippen LogP contribution is 2.33. The third kappa shape index (κ3) is 3.03. The number of amidine groups is 1. The summed E-state index contributed by atoms with van der Waals surface area (Å²) in [7, 11) is 0. The summed E-state index contributed by atoms with van der Waals surface area (Å²) in [6, 6.07) is 6.12. The third-order valence-corrected chi connectivity index (χ3v) is 4.79. The van der Waals surface area contributed by atoms with Gasteiger partial charge in [0, 0.05) is 23.7 Å². The second-order valence-corrected chi connectivity index (χ2v) is 6.02. The second-order valence-electron chi connectivity index (χ2n) is 5.18. The average molecular weight is 293 g/mol. The van der Waals surface area contributed by atoms with Gasteiger partial charge in [-0.05, 0) is 44.1 Å². The van der Waals surface area contributed by atoms with E-state index in [1.165, 1.54) is 19.3 Å². The van der Waals surface area contributed by atoms with Crippen LogP contribution >= 0.6 is 11.8 Å². The molecule has 20 heavy (non-hydrogen) atoms. The van der Waals surface area contributed by atoms with Gasteiger partial charge in [-0.25, -0.2) is 0 Å². The van der Waals surface area contributed by atoms with Crippen LogP contribution in [0.2, 0.25) is 0 Å². The first kappa shape index (κ1) is 15.0. The minimum atomic E-state index is 0.192. The molecule has 1 aliphatic rings. The van der Waals surface area contributed by atoms with Gasteiger partial charge in [0.05, 0.1) is 5.56 Å². The predicted molar refractivity (Wildman–Crippen MR) is 86.0 cm³/mol. The Morgan fingerprint density at radius 1 is 1.50 bits per heavy atom. The highest BCUT2D eigenvalue weighted by atomic mass is 32.2. The van der Waals surface area contributed by atoms with Crippen molar-refractivity contribution in [1.82, 2.24) is 0 Å². The molecule has 0 unspecified atom stereocenters. The van der Waals surface area contributed by atoms with Crippen molar-refractivity contribution in [2.75, 3.05) is 24.2 Å². The first-order valence-electron chi connectivity index (χ1n) is 7.11. The molecule has 2 rings (SSSR count). The summed E-state index contributed by atoms with van der Waals surface area (Å²) in [4.78, 5) is 3.39. The summed E-state index contributed by atoms with van der Waals surface area (Å²) in [6.07, 6.45) is 5.99. The van der Waals surface area contributed by atoms with Crippen molar-refractivity contribution in [1.29, 1.82) is 0 Å². The van der Waals surface area contributed by atoms with Crippen LogP contribution in [0.25, 0.3) is 0 Å². The molecule has 1 fully saturated rings. The third-order valence-electron chi connectivity index (χ3n) is 4.01. The van der Waals surface area contributed by atoms with E-state index in [2.05, 4.69) is 23.0 Å². The highest BCUT2D eigenvalue weighted by molar-refractivity contribution is 7.98. The molecule has 1 aromatic carbocycles. The van der Waals surface area contributed by atoms with Crippen LogP contribution in [0.3, 0.4) is 0 Å². The van der Waals surface area contributed by atoms with Gasteiger partial charge >= 0.3 is 0 Å². The first-order valence-corrected chi connectivity index (χ1v) is 8.33. The molecule has 0 bridgehead atoms. The number of benzene rings is 1. The van der Waals surface area contributed by atoms with Crippen molar-refractivity contribution >= 4 is 23.3 Å². The van der Waals surface area contributed by atoms with E-state index in [1.807, 2.05) is 18.4 Å². The lowest BCUT2D eigenvalue weighted by Crippen LogP contribution is -2.34. The van der Waals surface area contributed by atoms with Gasteiger partial charge in [0.1, 0.15) is 0 Å². The van der Waals surface area contributed by atoms with Crippen molar-refractivity contribution in [3.63, 3.8) is 0 Å². The molecule has 0 amide bonds. The highest BCUT2D eigenvalue weighted by Gasteiger charge is 2.23. The van der Waals surface area contributed by atoms with Crippen LogP contribution in [0, 0.1) is 5.92 Å². The number of rotatable bonds is 6. The molecule has 0 atom stereocenters. The molecule has 5 heteroatoms. The van der Waals surface area contributed by atoms with Gasteiger partial charge in [-0.2, -0.15) is 0 Å². The van der Waals surface area contributed by atoms with E-state index in [0.717, 1.165) is 35.2 Å². The minimum Gasteiger partial charge on any atom is -0.409 e. The van der Waals surface area contributed by atoms with Gasteiger partial charge < -0.3 is 15.8 Å². The zero-order valence-electron chi connectivity index (χ0n) is 12.2. The molecule has 3 N–H and O–H groups in total. The largest absolute Gasteiger partial charge is 0.409 e. The maximum Gasteiger partial charge on any atom is 0.173 e. The zero-order valence-corrected chi connectivity index (χ0v) is 13.0. The molecule has 0 radical (unpaired) electrons. The van der Waals surface area contributed by atoms with E-state index in [4.69, 9.17) is 10.9 Å². The lowest BCUT2D eigenvalue weighted by molar-refractivity contribution is 0.317. The summed E-state index contributed by atoms with van der Waals surface area (Å²) >= 11 is 1.62. The van der Waals surface area contributed by atoms with Gasteiger partial charge in [-0.3, -0.25) is 0 Å². The van der Waals surface area contributed by atoms with Crippen LogP contribution in [0.5, 0.6) is 0 Å². The molecule has 1 aromatic rings. The SMILES string of the molecule is CCN(CC1CCC1)c1cccc(SC)c1/C(N)=N/O. The number of hydrogen-bond donors (Lipinski definition) is 2. The van der Waals surface area contributed by atoms with E-state index in [0.29, 0.717) is 0 Å². The Balaban J connectivity index is 2.36. The molecule has 1 aliphatic carbocycles. The molecule has 0 aromatic heterocycles. The van der Waals surface area contributed by atoms with Crippen LogP contribution in [-0.4, -0.2) is 30.4 Å². The fraction of sp³-hybridized carbons (Fsp3) is 0.533. The first-order chi connectivity index (χ1) is 9.71. The summed E-state index contributed by atoms with van der Waals surface area (Å²) in [5.74, 6) is 0.977. The van der Waals surface area contributed by atoms with E-state index in [-0.39, 0.29) is 5.84 Å². The standard InChI is InChI=1S/C15H23N3OS/c1-3-18(10-11-6-4-7-11)12-8-5-9-13(20-2)14(12)15(16)17-19/h5,8-9,11,19H,3-4,6-7,10H2,1-2H3,(H2,16,17). The molecule has 0 saturated heterocycles. The molecular formula is C15H23N3OS. The van der Waals surface area contributed by atoms with E-state index >= 15 is 0 Å². The maximum atomic E-state index is 9.06. The summed E-state index contributed by atoms with van der Waals surface area (Å²) < 4.78 is 0. The zero-order chi connectivity index (χ0) is 14.5. The molecule has 0 heterocycles. The van der Waals surface area contributed by atoms with Gasteiger partial charge in [0.2, 0.25) is 0 Å². The topological polar surface area (TPSA) is 61.8 Å².